The van der Waals surface area contributed by atoms with E-state index in [0.717, 1.165) is 64.5 Å². The molecule has 0 unspecified atom stereocenters. The minimum atomic E-state index is -4.05. The van der Waals surface area contributed by atoms with E-state index in [0.29, 0.717) is 50.9 Å². The molecule has 0 saturated heterocycles. The van der Waals surface area contributed by atoms with Crippen LogP contribution in [-0.4, -0.2) is 66.7 Å². The first-order valence-corrected chi connectivity index (χ1v) is 24.2. The molecule has 61 heavy (non-hydrogen) atoms. The summed E-state index contributed by atoms with van der Waals surface area (Å²) in [5, 5.41) is 0. The maximum absolute atomic E-state index is 11.8. The van der Waals surface area contributed by atoms with Gasteiger partial charge in [0, 0.05) is 53.9 Å². The van der Waals surface area contributed by atoms with Crippen LogP contribution in [0.5, 0.6) is 5.75 Å². The van der Waals surface area contributed by atoms with Gasteiger partial charge in [0.25, 0.3) is 20.2 Å². The molecule has 1 amide bonds. The number of hydrazine groups is 1. The predicted molar refractivity (Wildman–Crippen MR) is 241 cm³/mol. The molecular formula is C47H59N4O8S2+. The van der Waals surface area contributed by atoms with Gasteiger partial charge in [-0.25, -0.2) is 5.84 Å². The number of allylic oxidation sites excluding steroid dienone is 7. The highest BCUT2D eigenvalue weighted by Gasteiger charge is 2.44. The third-order valence-corrected chi connectivity index (χ3v) is 13.6. The second-order valence-electron chi connectivity index (χ2n) is 17.1. The van der Waals surface area contributed by atoms with Crippen molar-refractivity contribution in [2.45, 2.75) is 96.3 Å². The van der Waals surface area contributed by atoms with Crippen LogP contribution in [-0.2, 0) is 42.3 Å². The molecule has 0 aromatic heterocycles. The lowest BCUT2D eigenvalue weighted by atomic mass is 9.81. The molecule has 0 radical (unpaired) electrons. The molecule has 3 aromatic carbocycles. The molecule has 6 rings (SSSR count). The summed E-state index contributed by atoms with van der Waals surface area (Å²) in [5.41, 5.74) is 11.2. The van der Waals surface area contributed by atoms with E-state index in [1.165, 1.54) is 11.1 Å². The van der Waals surface area contributed by atoms with Crippen molar-refractivity contribution in [1.29, 1.82) is 0 Å². The number of nitrogens with two attached hydrogens (primary N) is 1. The molecule has 12 nitrogen and oxygen atoms in total. The van der Waals surface area contributed by atoms with Gasteiger partial charge in [-0.2, -0.15) is 21.4 Å². The SMILES string of the molecule is CC1(C)C(/C=C/C2=C(Oc3ccc(CCC(=O)NN)cc3)C(=C/C=C3/N(CCCCS(=O)(=O)O)c4ccccc4C3(C)C)/CCC2)=[N+](CCCCS(=O)(=O)O)c2ccccc21. The van der Waals surface area contributed by atoms with E-state index in [4.69, 9.17) is 10.6 Å². The molecule has 2 heterocycles. The summed E-state index contributed by atoms with van der Waals surface area (Å²) in [5.74, 6) is 5.91. The van der Waals surface area contributed by atoms with Gasteiger partial charge in [0.05, 0.1) is 16.9 Å². The smallest absolute Gasteiger partial charge is 0.264 e. The Balaban J connectivity index is 1.40. The Morgan fingerprint density at radius 3 is 2.16 bits per heavy atom. The fraction of sp³-hybridized carbons (Fsp3) is 0.404. The lowest BCUT2D eigenvalue weighted by molar-refractivity contribution is -0.438. The number of fused-ring (bicyclic) bond motifs is 2. The van der Waals surface area contributed by atoms with Gasteiger partial charge in [-0.1, -0.05) is 68.5 Å². The van der Waals surface area contributed by atoms with Gasteiger partial charge in [-0.3, -0.25) is 19.3 Å². The maximum atomic E-state index is 11.8. The minimum absolute atomic E-state index is 0.235. The third kappa shape index (κ3) is 11.2. The molecule has 3 aliphatic rings. The molecule has 0 bridgehead atoms. The van der Waals surface area contributed by atoms with Crippen LogP contribution in [0.25, 0.3) is 0 Å². The van der Waals surface area contributed by atoms with Gasteiger partial charge in [0.2, 0.25) is 11.6 Å². The molecule has 326 valence electrons. The fourth-order valence-corrected chi connectivity index (χ4v) is 9.89. The zero-order chi connectivity index (χ0) is 44.0. The molecule has 0 spiro atoms. The van der Waals surface area contributed by atoms with Crippen molar-refractivity contribution in [2.75, 3.05) is 29.5 Å². The maximum Gasteiger partial charge on any atom is 0.264 e. The minimum Gasteiger partial charge on any atom is -0.457 e. The van der Waals surface area contributed by atoms with Crippen molar-refractivity contribution in [1.82, 2.24) is 5.43 Å². The van der Waals surface area contributed by atoms with Gasteiger partial charge >= 0.3 is 0 Å². The Kier molecular flexibility index (Phi) is 14.3. The van der Waals surface area contributed by atoms with Crippen LogP contribution in [0.3, 0.4) is 0 Å². The Morgan fingerprint density at radius 2 is 1.48 bits per heavy atom. The lowest BCUT2D eigenvalue weighted by Crippen LogP contribution is -2.30. The highest BCUT2D eigenvalue weighted by atomic mass is 32.2. The first-order chi connectivity index (χ1) is 28.9. The summed E-state index contributed by atoms with van der Waals surface area (Å²) in [6, 6.07) is 24.3. The van der Waals surface area contributed by atoms with E-state index in [1.807, 2.05) is 48.5 Å². The Bertz CT molecular complexity index is 2500. The zero-order valence-electron chi connectivity index (χ0n) is 35.6. The van der Waals surface area contributed by atoms with E-state index < -0.39 is 20.2 Å². The Labute approximate surface area is 361 Å². The number of hydrogen-bond donors (Lipinski definition) is 4. The summed E-state index contributed by atoms with van der Waals surface area (Å²) in [6.45, 7) is 9.96. The van der Waals surface area contributed by atoms with Gasteiger partial charge in [0.15, 0.2) is 5.71 Å². The number of ether oxygens (including phenoxy) is 1. The number of nitrogens with one attached hydrogen (secondary N) is 1. The highest BCUT2D eigenvalue weighted by Crippen LogP contribution is 2.48. The molecule has 1 aliphatic carbocycles. The van der Waals surface area contributed by atoms with Crippen LogP contribution < -0.4 is 20.9 Å². The topological polar surface area (TPSA) is 179 Å². The van der Waals surface area contributed by atoms with E-state index >= 15 is 0 Å². The summed E-state index contributed by atoms with van der Waals surface area (Å²) in [6.07, 6.45) is 13.7. The molecule has 0 atom stereocenters. The summed E-state index contributed by atoms with van der Waals surface area (Å²) >= 11 is 0. The van der Waals surface area contributed by atoms with Crippen LogP contribution in [0.4, 0.5) is 11.4 Å². The van der Waals surface area contributed by atoms with E-state index in [-0.39, 0.29) is 34.7 Å². The molecule has 0 saturated carbocycles. The summed E-state index contributed by atoms with van der Waals surface area (Å²) in [7, 11) is -8.11. The number of unbranched alkanes of at least 4 members (excludes halogenated alkanes) is 2. The summed E-state index contributed by atoms with van der Waals surface area (Å²) in [4.78, 5) is 14.1. The average Bonchev–Trinajstić information content (AvgIpc) is 3.56. The zero-order valence-corrected chi connectivity index (χ0v) is 37.2. The number of benzene rings is 3. The number of nitrogens with zero attached hydrogens (tertiary/aromatic N) is 2. The monoisotopic (exact) mass is 871 g/mol. The number of rotatable bonds is 18. The molecular weight excluding hydrogens is 813 g/mol. The Morgan fingerprint density at radius 1 is 0.820 bits per heavy atom. The first kappa shape index (κ1) is 45.7. The van der Waals surface area contributed by atoms with Crippen molar-refractivity contribution >= 4 is 43.2 Å². The van der Waals surface area contributed by atoms with Crippen LogP contribution >= 0.6 is 0 Å². The number of amides is 1. The van der Waals surface area contributed by atoms with Crippen LogP contribution in [0.2, 0.25) is 0 Å². The number of hydrogen-bond acceptors (Lipinski definition) is 8. The van der Waals surface area contributed by atoms with Gasteiger partial charge in [-0.15, -0.1) is 0 Å². The van der Waals surface area contributed by atoms with Crippen molar-refractivity contribution < 1.29 is 40.0 Å². The number of anilines is 1. The quantitative estimate of drug-likeness (QED) is 0.0244. The van der Waals surface area contributed by atoms with Gasteiger partial charge in [-0.05, 0) is 111 Å². The summed E-state index contributed by atoms with van der Waals surface area (Å²) < 4.78 is 73.8. The van der Waals surface area contributed by atoms with Crippen LogP contribution in [0.1, 0.15) is 95.8 Å². The highest BCUT2D eigenvalue weighted by molar-refractivity contribution is 7.86. The largest absolute Gasteiger partial charge is 0.457 e. The fourth-order valence-electron chi connectivity index (χ4n) is 8.76. The number of carbonyl (C=O) groups excluding carboxylic acids is 1. The number of carbonyl (C=O) groups is 1. The molecule has 0 fully saturated rings. The van der Waals surface area contributed by atoms with E-state index in [1.54, 1.807) is 0 Å². The average molecular weight is 872 g/mol. The number of aryl methyl sites for hydroxylation is 1. The van der Waals surface area contributed by atoms with Gasteiger partial charge < -0.3 is 9.64 Å². The predicted octanol–water partition coefficient (Wildman–Crippen LogP) is 8.00. The van der Waals surface area contributed by atoms with Crippen LogP contribution in [0.15, 0.2) is 120 Å². The molecule has 5 N–H and O–H groups in total. The number of para-hydroxylation sites is 2. The molecule has 2 aliphatic heterocycles. The van der Waals surface area contributed by atoms with Crippen LogP contribution in [0, 0.1) is 0 Å². The standard InChI is InChI=1S/C47H58N4O8S2/c1-46(2)38-16-5-7-18-40(38)50(30-9-11-32-60(53,54)55)42(46)27-23-35-14-13-15-36(45(35)59-37-25-20-34(21-26-37)22-29-44(52)49-48)24-28-43-47(3,4)39-17-6-8-19-41(39)51(43)31-10-12-33-61(56,57)58/h5-8,16-21,23-28H,9-15,22,29-33,48H2,1-4H3,(H2-,49,52,53,54,55,56,57,58)/p+1. The van der Waals surface area contributed by atoms with Crippen molar-refractivity contribution in [3.05, 3.63) is 136 Å². The lowest BCUT2D eigenvalue weighted by Gasteiger charge is -2.27. The van der Waals surface area contributed by atoms with Crippen molar-refractivity contribution in [3.63, 3.8) is 0 Å². The molecule has 14 heteroatoms. The second kappa shape index (κ2) is 19.0. The van der Waals surface area contributed by atoms with Crippen molar-refractivity contribution in [3.8, 4) is 5.75 Å². The normalized spacial score (nSPS) is 18.6. The Hall–Kier alpha value is -4.86. The first-order valence-electron chi connectivity index (χ1n) is 21.0. The molecule has 3 aromatic rings. The third-order valence-electron chi connectivity index (χ3n) is 12.0. The van der Waals surface area contributed by atoms with Gasteiger partial charge in [0.1, 0.15) is 18.1 Å². The van der Waals surface area contributed by atoms with E-state index in [9.17, 15) is 30.7 Å². The van der Waals surface area contributed by atoms with E-state index in [2.05, 4.69) is 91.2 Å². The van der Waals surface area contributed by atoms with Crippen molar-refractivity contribution in [2.24, 2.45) is 5.84 Å². The second-order valence-corrected chi connectivity index (χ2v) is 20.2.